The summed E-state index contributed by atoms with van der Waals surface area (Å²) in [7, 11) is 0. The summed E-state index contributed by atoms with van der Waals surface area (Å²) in [6.07, 6.45) is 2.77. The summed E-state index contributed by atoms with van der Waals surface area (Å²) in [5, 5.41) is 6.22. The molecule has 0 aliphatic carbocycles. The Morgan fingerprint density at radius 2 is 1.69 bits per heavy atom. The van der Waals surface area contributed by atoms with Crippen LogP contribution in [0.2, 0.25) is 0 Å². The van der Waals surface area contributed by atoms with Crippen molar-refractivity contribution in [3.63, 3.8) is 0 Å². The summed E-state index contributed by atoms with van der Waals surface area (Å²) >= 11 is 0. The number of benzene rings is 2. The second-order valence-electron chi connectivity index (χ2n) is 5.73. The van der Waals surface area contributed by atoms with Crippen LogP contribution in [0.5, 0.6) is 0 Å². The maximum atomic E-state index is 12.1. The molecule has 2 amide bonds. The average Bonchev–Trinajstić information content (AvgIpc) is 2.59. The fourth-order valence-electron chi connectivity index (χ4n) is 2.52. The Morgan fingerprint density at radius 1 is 0.962 bits per heavy atom. The van der Waals surface area contributed by atoms with Crippen LogP contribution < -0.4 is 16.2 Å². The van der Waals surface area contributed by atoms with Crippen molar-refractivity contribution in [2.75, 3.05) is 10.6 Å². The highest BCUT2D eigenvalue weighted by atomic mass is 16.2. The van der Waals surface area contributed by atoms with E-state index < -0.39 is 0 Å². The Balaban J connectivity index is 1.75. The molecule has 0 spiro atoms. The van der Waals surface area contributed by atoms with Crippen LogP contribution in [-0.4, -0.2) is 16.8 Å². The first-order valence-electron chi connectivity index (χ1n) is 8.00. The zero-order valence-corrected chi connectivity index (χ0v) is 14.1. The van der Waals surface area contributed by atoms with Crippen molar-refractivity contribution in [3.8, 4) is 0 Å². The van der Waals surface area contributed by atoms with E-state index in [2.05, 4.69) is 15.6 Å². The van der Waals surface area contributed by atoms with E-state index in [9.17, 15) is 14.4 Å². The highest BCUT2D eigenvalue weighted by Crippen LogP contribution is 2.15. The standard InChI is InChI=1S/C20H17N3O3/c1-13(24)21-16-6-4-7-17(12-16)22-19(25)10-9-15-11-14-5-2-3-8-18(14)23-20(15)26/h2-12H,1H3,(H,21,24)(H,22,25)(H,23,26)/b10-9+. The number of pyridine rings is 1. The molecule has 26 heavy (non-hydrogen) atoms. The number of aromatic nitrogens is 1. The number of fused-ring (bicyclic) bond motifs is 1. The molecular weight excluding hydrogens is 330 g/mol. The van der Waals surface area contributed by atoms with E-state index in [-0.39, 0.29) is 17.4 Å². The summed E-state index contributed by atoms with van der Waals surface area (Å²) in [6.45, 7) is 1.41. The van der Waals surface area contributed by atoms with Gasteiger partial charge in [-0.1, -0.05) is 24.3 Å². The van der Waals surface area contributed by atoms with Crippen molar-refractivity contribution >= 4 is 40.2 Å². The average molecular weight is 347 g/mol. The molecule has 0 saturated carbocycles. The van der Waals surface area contributed by atoms with Gasteiger partial charge >= 0.3 is 0 Å². The minimum atomic E-state index is -0.377. The molecule has 1 aromatic heterocycles. The minimum Gasteiger partial charge on any atom is -0.326 e. The lowest BCUT2D eigenvalue weighted by Crippen LogP contribution is -2.11. The molecule has 0 fully saturated rings. The number of hydrogen-bond acceptors (Lipinski definition) is 3. The largest absolute Gasteiger partial charge is 0.326 e. The van der Waals surface area contributed by atoms with Gasteiger partial charge in [-0.05, 0) is 41.8 Å². The van der Waals surface area contributed by atoms with Gasteiger partial charge in [0.1, 0.15) is 0 Å². The van der Waals surface area contributed by atoms with Crippen molar-refractivity contribution in [2.45, 2.75) is 6.92 Å². The number of carbonyl (C=O) groups excluding carboxylic acids is 2. The Hall–Kier alpha value is -3.67. The first-order valence-corrected chi connectivity index (χ1v) is 8.00. The van der Waals surface area contributed by atoms with E-state index in [1.165, 1.54) is 19.1 Å². The summed E-state index contributed by atoms with van der Waals surface area (Å²) < 4.78 is 0. The first kappa shape index (κ1) is 17.2. The van der Waals surface area contributed by atoms with Crippen molar-refractivity contribution in [3.05, 3.63) is 76.6 Å². The monoisotopic (exact) mass is 347 g/mol. The Labute approximate surface area is 149 Å². The first-order chi connectivity index (χ1) is 12.5. The van der Waals surface area contributed by atoms with Gasteiger partial charge in [0.05, 0.1) is 0 Å². The van der Waals surface area contributed by atoms with Gasteiger partial charge < -0.3 is 15.6 Å². The third-order valence-corrected chi connectivity index (χ3v) is 3.65. The van der Waals surface area contributed by atoms with E-state index in [0.717, 1.165) is 10.9 Å². The number of hydrogen-bond donors (Lipinski definition) is 3. The molecule has 3 rings (SSSR count). The predicted octanol–water partition coefficient (Wildman–Crippen LogP) is 3.14. The molecule has 0 saturated heterocycles. The van der Waals surface area contributed by atoms with Crippen LogP contribution in [0, 0.1) is 0 Å². The Bertz CT molecular complexity index is 1070. The molecule has 3 aromatic rings. The zero-order chi connectivity index (χ0) is 18.5. The van der Waals surface area contributed by atoms with E-state index in [0.29, 0.717) is 16.9 Å². The van der Waals surface area contributed by atoms with Crippen molar-refractivity contribution in [1.82, 2.24) is 4.98 Å². The van der Waals surface area contributed by atoms with Crippen LogP contribution in [0.4, 0.5) is 11.4 Å². The number of nitrogens with one attached hydrogen (secondary N) is 3. The lowest BCUT2D eigenvalue weighted by Gasteiger charge is -2.06. The number of amides is 2. The molecule has 0 aliphatic heterocycles. The molecule has 2 aromatic carbocycles. The van der Waals surface area contributed by atoms with Crippen molar-refractivity contribution in [2.24, 2.45) is 0 Å². The summed E-state index contributed by atoms with van der Waals surface area (Å²) in [5.74, 6) is -0.568. The van der Waals surface area contributed by atoms with Gasteiger partial charge in [0.15, 0.2) is 0 Å². The molecule has 0 bridgehead atoms. The van der Waals surface area contributed by atoms with E-state index in [4.69, 9.17) is 0 Å². The molecule has 0 radical (unpaired) electrons. The number of anilines is 2. The molecular formula is C20H17N3O3. The van der Waals surface area contributed by atoms with Crippen LogP contribution in [-0.2, 0) is 9.59 Å². The fourth-order valence-corrected chi connectivity index (χ4v) is 2.52. The Morgan fingerprint density at radius 3 is 2.46 bits per heavy atom. The van der Waals surface area contributed by atoms with Gasteiger partial charge in [0.25, 0.3) is 5.56 Å². The summed E-state index contributed by atoms with van der Waals surface area (Å²) in [6, 6.07) is 16.0. The summed E-state index contributed by atoms with van der Waals surface area (Å²) in [5.41, 5.74) is 2.00. The number of carbonyl (C=O) groups is 2. The van der Waals surface area contributed by atoms with Crippen LogP contribution in [0.3, 0.4) is 0 Å². The molecule has 6 nitrogen and oxygen atoms in total. The van der Waals surface area contributed by atoms with Gasteiger partial charge in [-0.3, -0.25) is 14.4 Å². The Kier molecular flexibility index (Phi) is 4.94. The van der Waals surface area contributed by atoms with Crippen LogP contribution in [0.25, 0.3) is 17.0 Å². The van der Waals surface area contributed by atoms with Gasteiger partial charge in [0, 0.05) is 35.5 Å². The fraction of sp³-hybridized carbons (Fsp3) is 0.0500. The number of aromatic amines is 1. The minimum absolute atomic E-state index is 0.191. The normalized spacial score (nSPS) is 10.8. The molecule has 3 N–H and O–H groups in total. The van der Waals surface area contributed by atoms with Gasteiger partial charge in [-0.25, -0.2) is 0 Å². The number of H-pyrrole nitrogens is 1. The second-order valence-corrected chi connectivity index (χ2v) is 5.73. The van der Waals surface area contributed by atoms with Gasteiger partial charge in [-0.2, -0.15) is 0 Å². The van der Waals surface area contributed by atoms with Crippen molar-refractivity contribution in [1.29, 1.82) is 0 Å². The molecule has 6 heteroatoms. The number of rotatable bonds is 4. The quantitative estimate of drug-likeness (QED) is 0.633. The van der Waals surface area contributed by atoms with Crippen LogP contribution in [0.15, 0.2) is 65.5 Å². The molecule has 1 heterocycles. The lowest BCUT2D eigenvalue weighted by atomic mass is 10.1. The van der Waals surface area contributed by atoms with Crippen LogP contribution in [0.1, 0.15) is 12.5 Å². The highest BCUT2D eigenvalue weighted by Gasteiger charge is 2.03. The van der Waals surface area contributed by atoms with Gasteiger partial charge in [-0.15, -0.1) is 0 Å². The van der Waals surface area contributed by atoms with Crippen molar-refractivity contribution < 1.29 is 9.59 Å². The van der Waals surface area contributed by atoms with E-state index in [1.54, 1.807) is 30.3 Å². The second kappa shape index (κ2) is 7.48. The smallest absolute Gasteiger partial charge is 0.255 e. The lowest BCUT2D eigenvalue weighted by molar-refractivity contribution is -0.114. The molecule has 130 valence electrons. The van der Waals surface area contributed by atoms with E-state index >= 15 is 0 Å². The molecule has 0 aliphatic rings. The maximum Gasteiger partial charge on any atom is 0.255 e. The number of para-hydroxylation sites is 1. The maximum absolute atomic E-state index is 12.1. The van der Waals surface area contributed by atoms with E-state index in [1.807, 2.05) is 24.3 Å². The van der Waals surface area contributed by atoms with Gasteiger partial charge in [0.2, 0.25) is 11.8 Å². The highest BCUT2D eigenvalue weighted by molar-refractivity contribution is 6.02. The third kappa shape index (κ3) is 4.24. The SMILES string of the molecule is CC(=O)Nc1cccc(NC(=O)/C=C/c2cc3ccccc3[nH]c2=O)c1. The third-order valence-electron chi connectivity index (χ3n) is 3.65. The molecule has 0 atom stereocenters. The molecule has 0 unspecified atom stereocenters. The zero-order valence-electron chi connectivity index (χ0n) is 14.1. The topological polar surface area (TPSA) is 91.1 Å². The summed E-state index contributed by atoms with van der Waals surface area (Å²) in [4.78, 5) is 38.0. The predicted molar refractivity (Wildman–Crippen MR) is 103 cm³/mol. The van der Waals surface area contributed by atoms with Crippen LogP contribution >= 0.6 is 0 Å².